The zero-order chi connectivity index (χ0) is 7.98. The van der Waals surface area contributed by atoms with Crippen LogP contribution in [0.1, 0.15) is 6.92 Å². The summed E-state index contributed by atoms with van der Waals surface area (Å²) in [4.78, 5) is 10.5. The molecule has 0 aromatic carbocycles. The number of amides is 1. The van der Waals surface area contributed by atoms with E-state index in [0.717, 1.165) is 6.34 Å². The summed E-state index contributed by atoms with van der Waals surface area (Å²) in [5.74, 6) is 0. The summed E-state index contributed by atoms with van der Waals surface area (Å²) in [5.41, 5.74) is -0.167. The molecular formula is C5H10N2O2S. The zero-order valence-electron chi connectivity index (χ0n) is 5.88. The van der Waals surface area contributed by atoms with Crippen molar-refractivity contribution < 1.29 is 9.53 Å². The molecule has 2 N–H and O–H groups in total. The van der Waals surface area contributed by atoms with Gasteiger partial charge in [-0.15, -0.1) is 11.8 Å². The maximum absolute atomic E-state index is 10.5. The Kier molecular flexibility index (Phi) is 4.74. The number of carbonyl (C=O) groups is 1. The summed E-state index contributed by atoms with van der Waals surface area (Å²) in [7, 11) is 0. The van der Waals surface area contributed by atoms with Gasteiger partial charge in [-0.25, -0.2) is 4.79 Å². The van der Waals surface area contributed by atoms with E-state index in [2.05, 4.69) is 5.32 Å². The van der Waals surface area contributed by atoms with Crippen LogP contribution in [0.5, 0.6) is 0 Å². The largest absolute Gasteiger partial charge is 0.435 e. The van der Waals surface area contributed by atoms with Crippen molar-refractivity contribution in [1.29, 1.82) is 5.41 Å². The van der Waals surface area contributed by atoms with Crippen molar-refractivity contribution in [3.8, 4) is 0 Å². The van der Waals surface area contributed by atoms with Crippen LogP contribution < -0.4 is 5.32 Å². The molecule has 1 unspecified atom stereocenters. The van der Waals surface area contributed by atoms with Crippen LogP contribution in [0, 0.1) is 5.41 Å². The Hall–Kier alpha value is -0.710. The van der Waals surface area contributed by atoms with Crippen molar-refractivity contribution in [2.24, 2.45) is 0 Å². The predicted octanol–water partition coefficient (Wildman–Crippen LogP) is 1.03. The van der Waals surface area contributed by atoms with E-state index in [9.17, 15) is 4.79 Å². The molecule has 5 heteroatoms. The Labute approximate surface area is 63.8 Å². The molecule has 0 spiro atoms. The summed E-state index contributed by atoms with van der Waals surface area (Å²) in [6, 6.07) is 0. The zero-order valence-corrected chi connectivity index (χ0v) is 6.70. The Morgan fingerprint density at radius 1 is 1.90 bits per heavy atom. The van der Waals surface area contributed by atoms with Gasteiger partial charge in [0.2, 0.25) is 0 Å². The van der Waals surface area contributed by atoms with Crippen LogP contribution in [0.25, 0.3) is 0 Å². The summed E-state index contributed by atoms with van der Waals surface area (Å²) in [6.07, 6.45) is 2.04. The number of carbonyl (C=O) groups excluding carboxylic acids is 1. The normalized spacial score (nSPS) is 11.8. The van der Waals surface area contributed by atoms with Crippen LogP contribution in [0.2, 0.25) is 0 Å². The van der Waals surface area contributed by atoms with E-state index < -0.39 is 6.09 Å². The lowest BCUT2D eigenvalue weighted by Gasteiger charge is -2.08. The van der Waals surface area contributed by atoms with Crippen LogP contribution in [-0.4, -0.2) is 24.1 Å². The third-order valence-electron chi connectivity index (χ3n) is 0.795. The lowest BCUT2D eigenvalue weighted by molar-refractivity contribution is 0.147. The van der Waals surface area contributed by atoms with Crippen molar-refractivity contribution in [3.63, 3.8) is 0 Å². The Morgan fingerprint density at radius 2 is 2.50 bits per heavy atom. The first-order chi connectivity index (χ1) is 4.70. The van der Waals surface area contributed by atoms with Crippen molar-refractivity contribution in [3.05, 3.63) is 0 Å². The molecule has 0 aromatic rings. The van der Waals surface area contributed by atoms with Crippen molar-refractivity contribution in [2.45, 2.75) is 12.4 Å². The van der Waals surface area contributed by atoms with E-state index in [0.29, 0.717) is 0 Å². The van der Waals surface area contributed by atoms with Crippen LogP contribution in [0.15, 0.2) is 0 Å². The fourth-order valence-electron chi connectivity index (χ4n) is 0.292. The van der Waals surface area contributed by atoms with Gasteiger partial charge in [-0.2, -0.15) is 0 Å². The van der Waals surface area contributed by atoms with Crippen molar-refractivity contribution >= 4 is 24.2 Å². The first kappa shape index (κ1) is 9.29. The van der Waals surface area contributed by atoms with Crippen molar-refractivity contribution in [1.82, 2.24) is 5.32 Å². The monoisotopic (exact) mass is 162 g/mol. The minimum absolute atomic E-state index is 0.167. The van der Waals surface area contributed by atoms with E-state index >= 15 is 0 Å². The van der Waals surface area contributed by atoms with Gasteiger partial charge in [-0.1, -0.05) is 0 Å². The molecule has 0 saturated heterocycles. The highest BCUT2D eigenvalue weighted by molar-refractivity contribution is 7.99. The SMILES string of the molecule is CSC(C)OC(=O)NC=N. The molecule has 0 radical (unpaired) electrons. The summed E-state index contributed by atoms with van der Waals surface area (Å²) in [6.45, 7) is 1.76. The van der Waals surface area contributed by atoms with Gasteiger partial charge in [0.05, 0.1) is 6.34 Å². The molecule has 0 rings (SSSR count). The lowest BCUT2D eigenvalue weighted by Crippen LogP contribution is -2.24. The average molecular weight is 162 g/mol. The first-order valence-electron chi connectivity index (χ1n) is 2.69. The van der Waals surface area contributed by atoms with Gasteiger partial charge in [0.1, 0.15) is 5.44 Å². The number of hydrogen-bond donors (Lipinski definition) is 2. The second-order valence-electron chi connectivity index (χ2n) is 1.50. The van der Waals surface area contributed by atoms with E-state index in [1.807, 2.05) is 6.26 Å². The Morgan fingerprint density at radius 3 is 2.90 bits per heavy atom. The maximum Gasteiger partial charge on any atom is 0.413 e. The second-order valence-corrected chi connectivity index (χ2v) is 2.63. The maximum atomic E-state index is 10.5. The minimum atomic E-state index is -0.586. The van der Waals surface area contributed by atoms with Gasteiger partial charge in [-0.05, 0) is 13.2 Å². The van der Waals surface area contributed by atoms with Gasteiger partial charge in [0.15, 0.2) is 0 Å². The smallest absolute Gasteiger partial charge is 0.413 e. The van der Waals surface area contributed by atoms with E-state index in [-0.39, 0.29) is 5.44 Å². The fourth-order valence-corrected chi connectivity index (χ4v) is 0.475. The molecule has 0 heterocycles. The van der Waals surface area contributed by atoms with Crippen LogP contribution >= 0.6 is 11.8 Å². The molecule has 0 bridgehead atoms. The Bertz CT molecular complexity index is 129. The molecule has 0 saturated carbocycles. The van der Waals surface area contributed by atoms with E-state index in [4.69, 9.17) is 10.1 Å². The highest BCUT2D eigenvalue weighted by atomic mass is 32.2. The Balaban J connectivity index is 3.46. The molecule has 4 nitrogen and oxygen atoms in total. The standard InChI is InChI=1S/C5H10N2O2S/c1-4(10-2)9-5(8)7-3-6/h3-4H,1-2H3,(H2,6,7,8). The number of ether oxygens (including phenoxy) is 1. The van der Waals surface area contributed by atoms with Crippen molar-refractivity contribution in [2.75, 3.05) is 6.26 Å². The van der Waals surface area contributed by atoms with Gasteiger partial charge >= 0.3 is 6.09 Å². The molecule has 0 aromatic heterocycles. The molecule has 1 atom stereocenters. The average Bonchev–Trinajstić information content (AvgIpc) is 1.88. The second kappa shape index (κ2) is 5.10. The number of hydrogen-bond acceptors (Lipinski definition) is 4. The highest BCUT2D eigenvalue weighted by Gasteiger charge is 2.04. The van der Waals surface area contributed by atoms with Gasteiger partial charge in [0, 0.05) is 0 Å². The van der Waals surface area contributed by atoms with Crippen LogP contribution in [0.4, 0.5) is 4.79 Å². The summed E-state index contributed by atoms with van der Waals surface area (Å²) < 4.78 is 4.70. The van der Waals surface area contributed by atoms with E-state index in [1.54, 1.807) is 6.92 Å². The van der Waals surface area contributed by atoms with E-state index in [1.165, 1.54) is 11.8 Å². The van der Waals surface area contributed by atoms with Crippen LogP contribution in [0.3, 0.4) is 0 Å². The van der Waals surface area contributed by atoms with Gasteiger partial charge in [0.25, 0.3) is 0 Å². The molecule has 0 aliphatic carbocycles. The number of thioether (sulfide) groups is 1. The molecule has 10 heavy (non-hydrogen) atoms. The number of nitrogens with one attached hydrogen (secondary N) is 2. The molecule has 58 valence electrons. The van der Waals surface area contributed by atoms with Gasteiger partial charge < -0.3 is 4.74 Å². The minimum Gasteiger partial charge on any atom is -0.435 e. The summed E-state index contributed by atoms with van der Waals surface area (Å²) in [5, 5.41) is 8.57. The highest BCUT2D eigenvalue weighted by Crippen LogP contribution is 2.05. The van der Waals surface area contributed by atoms with Crippen LogP contribution in [-0.2, 0) is 4.74 Å². The van der Waals surface area contributed by atoms with Gasteiger partial charge in [-0.3, -0.25) is 10.7 Å². The molecule has 0 aliphatic heterocycles. The fraction of sp³-hybridized carbons (Fsp3) is 0.600. The third-order valence-corrected chi connectivity index (χ3v) is 1.56. The predicted molar refractivity (Wildman–Crippen MR) is 41.4 cm³/mol. The summed E-state index contributed by atoms with van der Waals surface area (Å²) >= 11 is 1.42. The third kappa shape index (κ3) is 4.20. The lowest BCUT2D eigenvalue weighted by atomic mass is 10.8. The molecule has 1 amide bonds. The first-order valence-corrected chi connectivity index (χ1v) is 3.98. The molecule has 0 fully saturated rings. The number of rotatable bonds is 3. The molecular weight excluding hydrogens is 152 g/mol. The topological polar surface area (TPSA) is 62.2 Å². The number of alkyl carbamates (subject to hydrolysis) is 1. The quantitative estimate of drug-likeness (QED) is 0.370. The molecule has 0 aliphatic rings.